The average Bonchev–Trinajstić information content (AvgIpc) is 3.20. The van der Waals surface area contributed by atoms with Gasteiger partial charge in [0.15, 0.2) is 0 Å². The molecular formula is C15H28N2O2. The normalized spacial score (nSPS) is 27.0. The lowest BCUT2D eigenvalue weighted by Crippen LogP contribution is -2.46. The summed E-state index contributed by atoms with van der Waals surface area (Å²) in [5.74, 6) is 1.44. The summed E-state index contributed by atoms with van der Waals surface area (Å²) in [6.07, 6.45) is 8.48. The Bertz CT molecular complexity index is 279. The van der Waals surface area contributed by atoms with Crippen LogP contribution in [0.25, 0.3) is 0 Å². The number of ether oxygens (including phenoxy) is 1. The van der Waals surface area contributed by atoms with E-state index in [4.69, 9.17) is 4.74 Å². The van der Waals surface area contributed by atoms with Crippen LogP contribution in [-0.2, 0) is 4.74 Å². The molecule has 0 spiro atoms. The van der Waals surface area contributed by atoms with Crippen LogP contribution in [-0.4, -0.2) is 31.8 Å². The zero-order valence-corrected chi connectivity index (χ0v) is 12.1. The van der Waals surface area contributed by atoms with Crippen LogP contribution in [0.15, 0.2) is 0 Å². The molecule has 0 bridgehead atoms. The smallest absolute Gasteiger partial charge is 0.315 e. The maximum Gasteiger partial charge on any atom is 0.315 e. The predicted molar refractivity (Wildman–Crippen MR) is 76.1 cm³/mol. The van der Waals surface area contributed by atoms with E-state index in [2.05, 4.69) is 17.6 Å². The van der Waals surface area contributed by atoms with Gasteiger partial charge in [-0.05, 0) is 43.9 Å². The molecule has 2 N–H and O–H groups in total. The number of nitrogens with one attached hydrogen (secondary N) is 2. The largest absolute Gasteiger partial charge is 0.381 e. The third kappa shape index (κ3) is 5.81. The van der Waals surface area contributed by atoms with E-state index in [0.29, 0.717) is 18.5 Å². The fraction of sp³-hybridized carbons (Fsp3) is 0.933. The molecule has 0 aliphatic heterocycles. The van der Waals surface area contributed by atoms with Gasteiger partial charge in [0, 0.05) is 25.8 Å². The van der Waals surface area contributed by atoms with Gasteiger partial charge in [0.05, 0.1) is 0 Å². The third-order valence-electron chi connectivity index (χ3n) is 4.23. The number of rotatable bonds is 7. The molecule has 2 aliphatic rings. The molecule has 0 aromatic heterocycles. The molecular weight excluding hydrogens is 240 g/mol. The van der Waals surface area contributed by atoms with E-state index in [-0.39, 0.29) is 6.03 Å². The monoisotopic (exact) mass is 268 g/mol. The molecule has 4 nitrogen and oxygen atoms in total. The Labute approximate surface area is 116 Å². The van der Waals surface area contributed by atoms with E-state index >= 15 is 0 Å². The lowest BCUT2D eigenvalue weighted by atomic mass is 9.86. The van der Waals surface area contributed by atoms with Crippen molar-refractivity contribution in [3.05, 3.63) is 0 Å². The second-order valence-electron chi connectivity index (χ2n) is 6.14. The van der Waals surface area contributed by atoms with E-state index in [9.17, 15) is 4.79 Å². The molecule has 2 unspecified atom stereocenters. The minimum absolute atomic E-state index is 0.0130. The van der Waals surface area contributed by atoms with Crippen LogP contribution < -0.4 is 10.6 Å². The van der Waals surface area contributed by atoms with E-state index in [1.165, 1.54) is 32.1 Å². The first-order valence-electron chi connectivity index (χ1n) is 7.88. The molecule has 2 saturated carbocycles. The van der Waals surface area contributed by atoms with Crippen LogP contribution >= 0.6 is 0 Å². The molecule has 110 valence electrons. The highest BCUT2D eigenvalue weighted by atomic mass is 16.5. The van der Waals surface area contributed by atoms with Gasteiger partial charge in [0.25, 0.3) is 0 Å². The summed E-state index contributed by atoms with van der Waals surface area (Å²) in [6.45, 7) is 4.61. The zero-order chi connectivity index (χ0) is 13.5. The van der Waals surface area contributed by atoms with Gasteiger partial charge in [-0.25, -0.2) is 4.79 Å². The Balaban J connectivity index is 1.46. The highest BCUT2D eigenvalue weighted by Gasteiger charge is 2.22. The molecule has 0 saturated heterocycles. The van der Waals surface area contributed by atoms with Crippen molar-refractivity contribution in [1.82, 2.24) is 10.6 Å². The average molecular weight is 268 g/mol. The molecule has 19 heavy (non-hydrogen) atoms. The van der Waals surface area contributed by atoms with Crippen LogP contribution in [0.2, 0.25) is 0 Å². The van der Waals surface area contributed by atoms with Gasteiger partial charge in [0.2, 0.25) is 0 Å². The predicted octanol–water partition coefficient (Wildman–Crippen LogP) is 2.68. The number of hydrogen-bond donors (Lipinski definition) is 2. The Morgan fingerprint density at radius 1 is 1.21 bits per heavy atom. The van der Waals surface area contributed by atoms with Gasteiger partial charge in [-0.15, -0.1) is 0 Å². The Hall–Kier alpha value is -0.770. The molecule has 4 heteroatoms. The van der Waals surface area contributed by atoms with E-state index in [0.717, 1.165) is 32.0 Å². The van der Waals surface area contributed by atoms with E-state index in [1.807, 2.05) is 0 Å². The van der Waals surface area contributed by atoms with Crippen molar-refractivity contribution < 1.29 is 9.53 Å². The summed E-state index contributed by atoms with van der Waals surface area (Å²) >= 11 is 0. The summed E-state index contributed by atoms with van der Waals surface area (Å²) in [5, 5.41) is 6.02. The van der Waals surface area contributed by atoms with Crippen LogP contribution in [0.1, 0.15) is 51.9 Å². The van der Waals surface area contributed by atoms with Gasteiger partial charge in [0.1, 0.15) is 0 Å². The summed E-state index contributed by atoms with van der Waals surface area (Å²) in [6, 6.07) is 0.348. The second kappa shape index (κ2) is 7.73. The highest BCUT2D eigenvalue weighted by Crippen LogP contribution is 2.28. The number of carbonyl (C=O) groups is 1. The topological polar surface area (TPSA) is 50.4 Å². The van der Waals surface area contributed by atoms with Crippen molar-refractivity contribution in [3.63, 3.8) is 0 Å². The first-order valence-corrected chi connectivity index (χ1v) is 7.88. The molecule has 2 fully saturated rings. The summed E-state index contributed by atoms with van der Waals surface area (Å²) in [5.41, 5.74) is 0. The number of hydrogen-bond acceptors (Lipinski definition) is 2. The Kier molecular flexibility index (Phi) is 5.95. The minimum Gasteiger partial charge on any atom is -0.381 e. The fourth-order valence-corrected chi connectivity index (χ4v) is 2.66. The van der Waals surface area contributed by atoms with Crippen molar-refractivity contribution in [2.75, 3.05) is 19.8 Å². The zero-order valence-electron chi connectivity index (χ0n) is 12.1. The van der Waals surface area contributed by atoms with Crippen LogP contribution in [0.3, 0.4) is 0 Å². The third-order valence-corrected chi connectivity index (χ3v) is 4.23. The Morgan fingerprint density at radius 2 is 2.00 bits per heavy atom. The van der Waals surface area contributed by atoms with Gasteiger partial charge in [-0.1, -0.05) is 19.8 Å². The molecule has 0 heterocycles. The lowest BCUT2D eigenvalue weighted by molar-refractivity contribution is 0.122. The van der Waals surface area contributed by atoms with Gasteiger partial charge in [-0.2, -0.15) is 0 Å². The van der Waals surface area contributed by atoms with Crippen LogP contribution in [0.4, 0.5) is 4.79 Å². The quantitative estimate of drug-likeness (QED) is 0.697. The van der Waals surface area contributed by atoms with Gasteiger partial charge in [-0.3, -0.25) is 0 Å². The number of amides is 2. The van der Waals surface area contributed by atoms with Crippen molar-refractivity contribution in [2.24, 2.45) is 11.8 Å². The second-order valence-corrected chi connectivity index (χ2v) is 6.14. The SMILES string of the molecule is CC1CCCCC1NC(=O)NCCCOCC1CC1. The number of carbonyl (C=O) groups excluding carboxylic acids is 1. The molecule has 2 amide bonds. The first-order chi connectivity index (χ1) is 9.25. The molecule has 2 rings (SSSR count). The number of urea groups is 1. The molecule has 0 aromatic rings. The summed E-state index contributed by atoms with van der Waals surface area (Å²) < 4.78 is 5.53. The van der Waals surface area contributed by atoms with Gasteiger partial charge >= 0.3 is 6.03 Å². The minimum atomic E-state index is -0.0130. The van der Waals surface area contributed by atoms with Crippen molar-refractivity contribution in [3.8, 4) is 0 Å². The summed E-state index contributed by atoms with van der Waals surface area (Å²) in [4.78, 5) is 11.7. The summed E-state index contributed by atoms with van der Waals surface area (Å²) in [7, 11) is 0. The van der Waals surface area contributed by atoms with Crippen molar-refractivity contribution in [1.29, 1.82) is 0 Å². The molecule has 0 radical (unpaired) electrons. The maximum atomic E-state index is 11.7. The fourth-order valence-electron chi connectivity index (χ4n) is 2.66. The van der Waals surface area contributed by atoms with Crippen molar-refractivity contribution in [2.45, 2.75) is 57.9 Å². The highest BCUT2D eigenvalue weighted by molar-refractivity contribution is 5.74. The van der Waals surface area contributed by atoms with Crippen molar-refractivity contribution >= 4 is 6.03 Å². The first kappa shape index (κ1) is 14.6. The van der Waals surface area contributed by atoms with Crippen LogP contribution in [0.5, 0.6) is 0 Å². The molecule has 2 aliphatic carbocycles. The maximum absolute atomic E-state index is 11.7. The van der Waals surface area contributed by atoms with E-state index < -0.39 is 0 Å². The standard InChI is InChI=1S/C15H28N2O2/c1-12-5-2-3-6-14(12)17-15(18)16-9-4-10-19-11-13-7-8-13/h12-14H,2-11H2,1H3,(H2,16,17,18). The molecule has 2 atom stereocenters. The van der Waals surface area contributed by atoms with Crippen LogP contribution in [0, 0.1) is 11.8 Å². The Morgan fingerprint density at radius 3 is 2.74 bits per heavy atom. The van der Waals surface area contributed by atoms with E-state index in [1.54, 1.807) is 0 Å². The molecule has 0 aromatic carbocycles. The van der Waals surface area contributed by atoms with Gasteiger partial charge < -0.3 is 15.4 Å². The lowest BCUT2D eigenvalue weighted by Gasteiger charge is -2.29.